The van der Waals surface area contributed by atoms with Crippen molar-refractivity contribution in [2.24, 2.45) is 0 Å². The quantitative estimate of drug-likeness (QED) is 0.602. The predicted molar refractivity (Wildman–Crippen MR) is 120 cm³/mol. The largest absolute Gasteiger partial charge is 0.416 e. The van der Waals surface area contributed by atoms with E-state index in [2.05, 4.69) is 0 Å². The first-order chi connectivity index (χ1) is 16.1. The molecule has 1 aromatic carbocycles. The second-order valence-corrected chi connectivity index (χ2v) is 8.96. The summed E-state index contributed by atoms with van der Waals surface area (Å²) in [4.78, 5) is 40.4. The number of hydrogen-bond donors (Lipinski definition) is 0. The van der Waals surface area contributed by atoms with Gasteiger partial charge in [-0.2, -0.15) is 13.2 Å². The summed E-state index contributed by atoms with van der Waals surface area (Å²) in [6.07, 6.45) is -2.93. The maximum Gasteiger partial charge on any atom is 0.416 e. The van der Waals surface area contributed by atoms with Crippen LogP contribution < -0.4 is 0 Å². The van der Waals surface area contributed by atoms with E-state index in [4.69, 9.17) is 4.74 Å². The van der Waals surface area contributed by atoms with Crippen LogP contribution in [0.3, 0.4) is 0 Å². The van der Waals surface area contributed by atoms with Crippen LogP contribution in [0.1, 0.15) is 22.5 Å². The summed E-state index contributed by atoms with van der Waals surface area (Å²) in [5.74, 6) is -0.893. The molecule has 11 heteroatoms. The number of ether oxygens (including phenoxy) is 1. The Balaban J connectivity index is 1.57. The fraction of sp³-hybridized carbons (Fsp3) is 0.348. The summed E-state index contributed by atoms with van der Waals surface area (Å²) in [6, 6.07) is 6.72. The van der Waals surface area contributed by atoms with Crippen molar-refractivity contribution >= 4 is 34.9 Å². The number of alkyl halides is 3. The van der Waals surface area contributed by atoms with E-state index in [1.165, 1.54) is 12.1 Å². The van der Waals surface area contributed by atoms with E-state index in [-0.39, 0.29) is 17.4 Å². The molecule has 0 bridgehead atoms. The monoisotopic (exact) mass is 493 g/mol. The lowest BCUT2D eigenvalue weighted by atomic mass is 10.2. The molecule has 2 aromatic rings. The third-order valence-corrected chi connectivity index (χ3v) is 6.63. The predicted octanol–water partition coefficient (Wildman–Crippen LogP) is 4.01. The van der Waals surface area contributed by atoms with E-state index in [0.29, 0.717) is 48.9 Å². The van der Waals surface area contributed by atoms with Crippen molar-refractivity contribution in [3.63, 3.8) is 0 Å². The molecular formula is C23H22F3N3O4S. The number of carbonyl (C=O) groups is 3. The molecule has 1 aromatic heterocycles. The first-order valence-electron chi connectivity index (χ1n) is 10.5. The van der Waals surface area contributed by atoms with Gasteiger partial charge in [0.05, 0.1) is 23.7 Å². The summed E-state index contributed by atoms with van der Waals surface area (Å²) >= 11 is 0.736. The zero-order valence-corrected chi connectivity index (χ0v) is 19.3. The van der Waals surface area contributed by atoms with Crippen molar-refractivity contribution < 1.29 is 32.3 Å². The lowest BCUT2D eigenvalue weighted by Crippen LogP contribution is -2.46. The van der Waals surface area contributed by atoms with E-state index in [9.17, 15) is 27.6 Å². The van der Waals surface area contributed by atoms with Crippen LogP contribution in [0.2, 0.25) is 0 Å². The molecule has 0 radical (unpaired) electrons. The Bertz CT molecular complexity index is 1180. The summed E-state index contributed by atoms with van der Waals surface area (Å²) in [7, 11) is 0. The van der Waals surface area contributed by atoms with E-state index in [1.807, 2.05) is 0 Å². The van der Waals surface area contributed by atoms with Crippen LogP contribution in [-0.2, 0) is 20.5 Å². The third kappa shape index (κ3) is 4.76. The van der Waals surface area contributed by atoms with E-state index in [0.717, 1.165) is 28.8 Å². The van der Waals surface area contributed by atoms with Gasteiger partial charge in [0.2, 0.25) is 5.91 Å². The number of halogens is 3. The van der Waals surface area contributed by atoms with Crippen LogP contribution in [0.25, 0.3) is 11.8 Å². The molecular weight excluding hydrogens is 471 g/mol. The lowest BCUT2D eigenvalue weighted by Gasteiger charge is -2.28. The normalized spacial score (nSPS) is 18.3. The summed E-state index contributed by atoms with van der Waals surface area (Å²) < 4.78 is 46.3. The van der Waals surface area contributed by atoms with Crippen molar-refractivity contribution in [2.75, 3.05) is 32.8 Å². The molecule has 2 aliphatic rings. The van der Waals surface area contributed by atoms with Gasteiger partial charge in [0.1, 0.15) is 6.54 Å². The molecule has 0 aliphatic carbocycles. The molecule has 2 fully saturated rings. The van der Waals surface area contributed by atoms with Gasteiger partial charge in [0.15, 0.2) is 0 Å². The van der Waals surface area contributed by atoms with Gasteiger partial charge in [-0.3, -0.25) is 19.3 Å². The zero-order chi connectivity index (χ0) is 24.6. The highest BCUT2D eigenvalue weighted by atomic mass is 32.2. The fourth-order valence-corrected chi connectivity index (χ4v) is 4.81. The average Bonchev–Trinajstić information content (AvgIpc) is 3.22. The molecule has 2 aliphatic heterocycles. The Kier molecular flexibility index (Phi) is 6.59. The molecule has 0 spiro atoms. The van der Waals surface area contributed by atoms with Crippen LogP contribution in [0.4, 0.5) is 18.0 Å². The number of amides is 3. The Labute approximate surface area is 198 Å². The fourth-order valence-electron chi connectivity index (χ4n) is 3.98. The molecule has 3 amide bonds. The number of imide groups is 1. The van der Waals surface area contributed by atoms with Gasteiger partial charge < -0.3 is 14.2 Å². The van der Waals surface area contributed by atoms with Gasteiger partial charge in [-0.05, 0) is 61.5 Å². The molecule has 34 heavy (non-hydrogen) atoms. The van der Waals surface area contributed by atoms with Crippen molar-refractivity contribution in [3.05, 3.63) is 57.8 Å². The van der Waals surface area contributed by atoms with Gasteiger partial charge >= 0.3 is 6.18 Å². The van der Waals surface area contributed by atoms with Crippen LogP contribution in [0, 0.1) is 13.8 Å². The highest BCUT2D eigenvalue weighted by molar-refractivity contribution is 8.18. The summed E-state index contributed by atoms with van der Waals surface area (Å²) in [5.41, 5.74) is 1.47. The highest BCUT2D eigenvalue weighted by Gasteiger charge is 2.37. The number of aryl methyl sites for hydroxylation is 1. The zero-order valence-electron chi connectivity index (χ0n) is 18.5. The molecule has 4 rings (SSSR count). The van der Waals surface area contributed by atoms with E-state index < -0.39 is 22.9 Å². The minimum Gasteiger partial charge on any atom is -0.378 e. The first-order valence-corrected chi connectivity index (χ1v) is 11.4. The Morgan fingerprint density at radius 1 is 1.15 bits per heavy atom. The van der Waals surface area contributed by atoms with Gasteiger partial charge in [0, 0.05) is 30.2 Å². The summed E-state index contributed by atoms with van der Waals surface area (Å²) in [6.45, 7) is 4.77. The second kappa shape index (κ2) is 9.30. The van der Waals surface area contributed by atoms with Crippen molar-refractivity contribution in [3.8, 4) is 5.69 Å². The number of thioether (sulfide) groups is 1. The highest BCUT2D eigenvalue weighted by Crippen LogP contribution is 2.35. The topological polar surface area (TPSA) is 71.9 Å². The van der Waals surface area contributed by atoms with Crippen molar-refractivity contribution in [2.45, 2.75) is 20.0 Å². The molecule has 0 saturated carbocycles. The number of nitrogens with zero attached hydrogens (tertiary/aromatic N) is 3. The van der Waals surface area contributed by atoms with Gasteiger partial charge in [-0.15, -0.1) is 0 Å². The molecule has 0 atom stereocenters. The number of carbonyl (C=O) groups excluding carboxylic acids is 3. The average molecular weight is 494 g/mol. The van der Waals surface area contributed by atoms with Gasteiger partial charge in [-0.25, -0.2) is 0 Å². The standard InChI is InChI=1S/C23H22F3N3O4S/c1-14-10-16(15(2)29(14)18-5-3-4-17(12-18)23(24,25)26)11-19-21(31)28(22(32)34-19)13-20(30)27-6-8-33-9-7-27/h3-5,10-12H,6-9,13H2,1-2H3/b19-11-. The minimum absolute atomic E-state index is 0.157. The minimum atomic E-state index is -4.47. The van der Waals surface area contributed by atoms with Crippen molar-refractivity contribution in [1.29, 1.82) is 0 Å². The summed E-state index contributed by atoms with van der Waals surface area (Å²) in [5, 5.41) is -0.537. The number of rotatable bonds is 4. The molecule has 3 heterocycles. The van der Waals surface area contributed by atoms with Crippen LogP contribution in [0.5, 0.6) is 0 Å². The Morgan fingerprint density at radius 3 is 2.53 bits per heavy atom. The van der Waals surface area contributed by atoms with Crippen LogP contribution in [-0.4, -0.2) is 64.3 Å². The van der Waals surface area contributed by atoms with Gasteiger partial charge in [0.25, 0.3) is 11.1 Å². The van der Waals surface area contributed by atoms with E-state index in [1.54, 1.807) is 35.4 Å². The number of morpholine rings is 1. The van der Waals surface area contributed by atoms with Crippen LogP contribution in [0.15, 0.2) is 35.2 Å². The second-order valence-electron chi connectivity index (χ2n) is 7.97. The Hall–Kier alpha value is -3.05. The molecule has 7 nitrogen and oxygen atoms in total. The first kappa shape index (κ1) is 24.1. The van der Waals surface area contributed by atoms with Crippen molar-refractivity contribution in [1.82, 2.24) is 14.4 Å². The molecule has 180 valence electrons. The van der Waals surface area contributed by atoms with Crippen LogP contribution >= 0.6 is 11.8 Å². The maximum atomic E-state index is 13.2. The lowest BCUT2D eigenvalue weighted by molar-refractivity contribution is -0.139. The molecule has 0 N–H and O–H groups in total. The van der Waals surface area contributed by atoms with Gasteiger partial charge in [-0.1, -0.05) is 6.07 Å². The SMILES string of the molecule is Cc1cc(/C=C2\SC(=O)N(CC(=O)N3CCOCC3)C2=O)c(C)n1-c1cccc(C(F)(F)F)c1. The Morgan fingerprint density at radius 2 is 1.85 bits per heavy atom. The third-order valence-electron chi connectivity index (χ3n) is 5.72. The molecule has 0 unspecified atom stereocenters. The maximum absolute atomic E-state index is 13.2. The van der Waals surface area contributed by atoms with E-state index >= 15 is 0 Å². The molecule has 2 saturated heterocycles. The number of benzene rings is 1. The smallest absolute Gasteiger partial charge is 0.378 e. The number of aromatic nitrogens is 1. The number of hydrogen-bond acceptors (Lipinski definition) is 5.